The van der Waals surface area contributed by atoms with Crippen LogP contribution < -0.4 is 0 Å². The van der Waals surface area contributed by atoms with Crippen LogP contribution in [0.25, 0.3) is 0 Å². The van der Waals surface area contributed by atoms with Crippen molar-refractivity contribution in [1.29, 1.82) is 0 Å². The van der Waals surface area contributed by atoms with Crippen LogP contribution in [0.3, 0.4) is 0 Å². The molecule has 1 aromatic rings. The quantitative estimate of drug-likeness (QED) is 0.785. The minimum Gasteiger partial charge on any atom is -0.392 e. The fraction of sp³-hybridized carbons (Fsp3) is 0.417. The minimum atomic E-state index is -1.36. The van der Waals surface area contributed by atoms with Crippen LogP contribution in [0.15, 0.2) is 30.3 Å². The average Bonchev–Trinajstić information content (AvgIpc) is 2.66. The molecule has 0 radical (unpaired) electrons. The number of carbonyl (C=O) groups excluding carboxylic acids is 1. The molecule has 0 spiro atoms. The van der Waals surface area contributed by atoms with Crippen molar-refractivity contribution < 1.29 is 14.3 Å². The highest BCUT2D eigenvalue weighted by Crippen LogP contribution is 2.26. The standard InChI is InChI=1S/C12H14FNO2/c13-12(16)11(9-4-2-1-3-5-9)14-7-6-10(15)8-14/h1-5,10-11,15H,6-8H2/t10-,11?/m1/s1. The number of benzene rings is 1. The summed E-state index contributed by atoms with van der Waals surface area (Å²) < 4.78 is 13.1. The summed E-state index contributed by atoms with van der Waals surface area (Å²) in [5, 5.41) is 9.40. The number of aliphatic hydroxyl groups is 1. The molecule has 1 unspecified atom stereocenters. The maximum Gasteiger partial charge on any atom is 0.323 e. The van der Waals surface area contributed by atoms with Crippen LogP contribution in [0.2, 0.25) is 0 Å². The molecular formula is C12H14FNO2. The third kappa shape index (κ3) is 2.28. The lowest BCUT2D eigenvalue weighted by atomic mass is 10.1. The Hall–Kier alpha value is -1.26. The van der Waals surface area contributed by atoms with E-state index >= 15 is 0 Å². The molecule has 1 aromatic carbocycles. The van der Waals surface area contributed by atoms with Gasteiger partial charge in [0.1, 0.15) is 6.04 Å². The van der Waals surface area contributed by atoms with Gasteiger partial charge in [0.05, 0.1) is 6.10 Å². The van der Waals surface area contributed by atoms with Crippen LogP contribution in [0, 0.1) is 0 Å². The molecule has 1 heterocycles. The maximum atomic E-state index is 13.1. The number of β-amino-alcohol motifs (C(OH)–C–C–N with tert-alkyl or cyclic N) is 1. The Balaban J connectivity index is 2.21. The number of hydrogen-bond donors (Lipinski definition) is 1. The maximum absolute atomic E-state index is 13.1. The summed E-state index contributed by atoms with van der Waals surface area (Å²) in [6.45, 7) is 0.908. The molecule has 2 rings (SSSR count). The molecule has 1 N–H and O–H groups in total. The summed E-state index contributed by atoms with van der Waals surface area (Å²) in [4.78, 5) is 12.7. The zero-order chi connectivity index (χ0) is 11.5. The highest BCUT2D eigenvalue weighted by atomic mass is 19.1. The van der Waals surface area contributed by atoms with Crippen LogP contribution >= 0.6 is 0 Å². The summed E-state index contributed by atoms with van der Waals surface area (Å²) in [7, 11) is 0. The van der Waals surface area contributed by atoms with Gasteiger partial charge in [0.2, 0.25) is 0 Å². The summed E-state index contributed by atoms with van der Waals surface area (Å²) in [6.07, 6.45) is 0.141. The zero-order valence-corrected chi connectivity index (χ0v) is 8.84. The second-order valence-corrected chi connectivity index (χ2v) is 4.05. The van der Waals surface area contributed by atoms with Crippen molar-refractivity contribution in [2.75, 3.05) is 13.1 Å². The van der Waals surface area contributed by atoms with Crippen molar-refractivity contribution in [2.24, 2.45) is 0 Å². The normalized spacial score (nSPS) is 23.2. The van der Waals surface area contributed by atoms with Crippen LogP contribution in [0.5, 0.6) is 0 Å². The molecular weight excluding hydrogens is 209 g/mol. The van der Waals surface area contributed by atoms with E-state index in [0.29, 0.717) is 25.1 Å². The van der Waals surface area contributed by atoms with E-state index in [1.165, 1.54) is 0 Å². The zero-order valence-electron chi connectivity index (χ0n) is 8.84. The molecule has 1 saturated heterocycles. The number of carbonyl (C=O) groups is 1. The first-order valence-electron chi connectivity index (χ1n) is 5.35. The van der Waals surface area contributed by atoms with Gasteiger partial charge in [0, 0.05) is 13.1 Å². The first kappa shape index (κ1) is 11.2. The molecule has 0 bridgehead atoms. The lowest BCUT2D eigenvalue weighted by molar-refractivity contribution is -0.135. The minimum absolute atomic E-state index is 0.356. The Labute approximate surface area is 93.5 Å². The number of hydrogen-bond acceptors (Lipinski definition) is 3. The molecule has 0 aliphatic carbocycles. The van der Waals surface area contributed by atoms with E-state index in [-0.39, 0.29) is 0 Å². The van der Waals surface area contributed by atoms with Crippen LogP contribution in [-0.4, -0.2) is 35.2 Å². The molecule has 0 aromatic heterocycles. The number of likely N-dealkylation sites (tertiary alicyclic amines) is 1. The molecule has 4 heteroatoms. The number of aliphatic hydroxyl groups excluding tert-OH is 1. The first-order valence-corrected chi connectivity index (χ1v) is 5.35. The van der Waals surface area contributed by atoms with Gasteiger partial charge in [-0.2, -0.15) is 4.39 Å². The van der Waals surface area contributed by atoms with Crippen molar-refractivity contribution in [3.05, 3.63) is 35.9 Å². The highest BCUT2D eigenvalue weighted by Gasteiger charge is 2.32. The Bertz CT molecular complexity index is 369. The topological polar surface area (TPSA) is 40.5 Å². The third-order valence-electron chi connectivity index (χ3n) is 2.89. The van der Waals surface area contributed by atoms with Crippen molar-refractivity contribution in [3.8, 4) is 0 Å². The van der Waals surface area contributed by atoms with Gasteiger partial charge >= 0.3 is 6.04 Å². The molecule has 86 valence electrons. The summed E-state index contributed by atoms with van der Waals surface area (Å²) in [5.41, 5.74) is 0.643. The van der Waals surface area contributed by atoms with E-state index in [1.54, 1.807) is 29.2 Å². The van der Waals surface area contributed by atoms with Crippen LogP contribution in [-0.2, 0) is 4.79 Å². The predicted molar refractivity (Wildman–Crippen MR) is 57.5 cm³/mol. The highest BCUT2D eigenvalue weighted by molar-refractivity contribution is 5.76. The van der Waals surface area contributed by atoms with Gasteiger partial charge in [-0.25, -0.2) is 0 Å². The van der Waals surface area contributed by atoms with Crippen LogP contribution in [0.4, 0.5) is 4.39 Å². The SMILES string of the molecule is O=C(F)C(c1ccccc1)N1CC[C@@H](O)C1. The van der Waals surface area contributed by atoms with Crippen LogP contribution in [0.1, 0.15) is 18.0 Å². The van der Waals surface area contributed by atoms with E-state index in [2.05, 4.69) is 0 Å². The van der Waals surface area contributed by atoms with Gasteiger partial charge in [-0.3, -0.25) is 9.69 Å². The largest absolute Gasteiger partial charge is 0.392 e. The second kappa shape index (κ2) is 4.72. The Kier molecular flexibility index (Phi) is 3.31. The number of rotatable bonds is 3. The van der Waals surface area contributed by atoms with E-state index in [4.69, 9.17) is 0 Å². The van der Waals surface area contributed by atoms with E-state index in [0.717, 1.165) is 0 Å². The van der Waals surface area contributed by atoms with Gasteiger partial charge in [0.25, 0.3) is 0 Å². The fourth-order valence-corrected chi connectivity index (χ4v) is 2.12. The Morgan fingerprint density at radius 3 is 2.62 bits per heavy atom. The third-order valence-corrected chi connectivity index (χ3v) is 2.89. The van der Waals surface area contributed by atoms with Crippen molar-refractivity contribution in [2.45, 2.75) is 18.6 Å². The molecule has 1 aliphatic heterocycles. The monoisotopic (exact) mass is 223 g/mol. The molecule has 3 nitrogen and oxygen atoms in total. The molecule has 2 atom stereocenters. The van der Waals surface area contributed by atoms with E-state index in [9.17, 15) is 14.3 Å². The Morgan fingerprint density at radius 2 is 2.12 bits per heavy atom. The van der Waals surface area contributed by atoms with Crippen molar-refractivity contribution >= 4 is 6.04 Å². The second-order valence-electron chi connectivity index (χ2n) is 4.05. The van der Waals surface area contributed by atoms with E-state index < -0.39 is 18.2 Å². The molecule has 0 saturated carbocycles. The fourth-order valence-electron chi connectivity index (χ4n) is 2.12. The van der Waals surface area contributed by atoms with Gasteiger partial charge in [-0.05, 0) is 12.0 Å². The Morgan fingerprint density at radius 1 is 1.44 bits per heavy atom. The predicted octanol–water partition coefficient (Wildman–Crippen LogP) is 1.29. The van der Waals surface area contributed by atoms with Crippen molar-refractivity contribution in [3.63, 3.8) is 0 Å². The van der Waals surface area contributed by atoms with Gasteiger partial charge in [0.15, 0.2) is 0 Å². The summed E-state index contributed by atoms with van der Waals surface area (Å²) in [5.74, 6) is 0. The first-order chi connectivity index (χ1) is 7.68. The molecule has 0 amide bonds. The summed E-state index contributed by atoms with van der Waals surface area (Å²) >= 11 is 0. The summed E-state index contributed by atoms with van der Waals surface area (Å²) in [6, 6.07) is 6.61. The molecule has 1 fully saturated rings. The average molecular weight is 223 g/mol. The van der Waals surface area contributed by atoms with Gasteiger partial charge < -0.3 is 5.11 Å². The number of nitrogens with zero attached hydrogens (tertiary/aromatic N) is 1. The van der Waals surface area contributed by atoms with Gasteiger partial charge in [-0.1, -0.05) is 30.3 Å². The van der Waals surface area contributed by atoms with Gasteiger partial charge in [-0.15, -0.1) is 0 Å². The van der Waals surface area contributed by atoms with Crippen molar-refractivity contribution in [1.82, 2.24) is 4.90 Å². The lowest BCUT2D eigenvalue weighted by Crippen LogP contribution is -2.31. The molecule has 16 heavy (non-hydrogen) atoms. The lowest BCUT2D eigenvalue weighted by Gasteiger charge is -2.23. The smallest absolute Gasteiger partial charge is 0.323 e. The molecule has 1 aliphatic rings. The van der Waals surface area contributed by atoms with E-state index in [1.807, 2.05) is 6.07 Å². The number of halogens is 1.